The van der Waals surface area contributed by atoms with E-state index in [9.17, 15) is 9.59 Å². The van der Waals surface area contributed by atoms with Crippen LogP contribution in [0.4, 0.5) is 0 Å². The number of hydrogen-bond acceptors (Lipinski definition) is 6. The van der Waals surface area contributed by atoms with Crippen molar-refractivity contribution in [3.05, 3.63) is 40.3 Å². The minimum absolute atomic E-state index is 0.0222. The second-order valence-electron chi connectivity index (χ2n) is 9.11. The number of oxime groups is 1. The van der Waals surface area contributed by atoms with Gasteiger partial charge in [-0.3, -0.25) is 14.7 Å². The number of imidazole rings is 1. The van der Waals surface area contributed by atoms with Crippen LogP contribution in [0.1, 0.15) is 37.7 Å². The van der Waals surface area contributed by atoms with Crippen LogP contribution in [0.25, 0.3) is 22.1 Å². The van der Waals surface area contributed by atoms with E-state index in [2.05, 4.69) is 25.0 Å². The maximum Gasteiger partial charge on any atom is 0.325 e. The number of benzene rings is 1. The van der Waals surface area contributed by atoms with Gasteiger partial charge >= 0.3 is 5.69 Å². The first-order valence-electron chi connectivity index (χ1n) is 11.8. The van der Waals surface area contributed by atoms with Gasteiger partial charge in [0.05, 0.1) is 17.2 Å². The third-order valence-electron chi connectivity index (χ3n) is 6.75. The first-order valence-corrected chi connectivity index (χ1v) is 11.8. The second kappa shape index (κ2) is 9.74. The van der Waals surface area contributed by atoms with E-state index in [0.717, 1.165) is 48.6 Å². The summed E-state index contributed by atoms with van der Waals surface area (Å²) in [6, 6.07) is 7.50. The van der Waals surface area contributed by atoms with Gasteiger partial charge in [0, 0.05) is 38.1 Å². The smallest absolute Gasteiger partial charge is 0.325 e. The van der Waals surface area contributed by atoms with Gasteiger partial charge in [-0.25, -0.2) is 9.78 Å². The summed E-state index contributed by atoms with van der Waals surface area (Å²) in [6.45, 7) is 4.51. The second-order valence-corrected chi connectivity index (χ2v) is 9.11. The zero-order valence-corrected chi connectivity index (χ0v) is 18.8. The molecule has 0 spiro atoms. The minimum atomic E-state index is -0.279. The van der Waals surface area contributed by atoms with Gasteiger partial charge in [-0.05, 0) is 42.5 Å². The summed E-state index contributed by atoms with van der Waals surface area (Å²) in [5.41, 5.74) is 2.50. The van der Waals surface area contributed by atoms with Gasteiger partial charge in [0.2, 0.25) is 0 Å². The summed E-state index contributed by atoms with van der Waals surface area (Å²) < 4.78 is 0. The maximum absolute atomic E-state index is 12.5. The maximum atomic E-state index is 12.5. The Morgan fingerprint density at radius 1 is 1.12 bits per heavy atom. The van der Waals surface area contributed by atoms with Crippen molar-refractivity contribution >= 4 is 34.2 Å². The average Bonchev–Trinajstić information content (AvgIpc) is 3.20. The monoisotopic (exact) mass is 450 g/mol. The molecule has 2 aliphatic rings. The highest BCUT2D eigenvalue weighted by molar-refractivity contribution is 5.93. The lowest BCUT2D eigenvalue weighted by Crippen LogP contribution is -2.50. The fourth-order valence-corrected chi connectivity index (χ4v) is 4.92. The molecule has 174 valence electrons. The van der Waals surface area contributed by atoms with Crippen LogP contribution in [-0.4, -0.2) is 76.2 Å². The van der Waals surface area contributed by atoms with Crippen molar-refractivity contribution in [2.45, 2.75) is 32.1 Å². The molecule has 2 N–H and O–H groups in total. The van der Waals surface area contributed by atoms with Gasteiger partial charge in [-0.2, -0.15) is 0 Å². The quantitative estimate of drug-likeness (QED) is 0.443. The number of aromatic amines is 2. The lowest BCUT2D eigenvalue weighted by molar-refractivity contribution is -0.137. The van der Waals surface area contributed by atoms with Gasteiger partial charge in [-0.15, -0.1) is 0 Å². The van der Waals surface area contributed by atoms with Crippen molar-refractivity contribution < 1.29 is 9.63 Å². The molecule has 5 rings (SSSR count). The zero-order chi connectivity index (χ0) is 22.6. The lowest BCUT2D eigenvalue weighted by Gasteiger charge is -2.37. The largest absolute Gasteiger partial charge is 0.386 e. The van der Waals surface area contributed by atoms with Crippen LogP contribution < -0.4 is 5.69 Å². The van der Waals surface area contributed by atoms with Crippen LogP contribution in [0.15, 0.2) is 34.2 Å². The molecule has 1 aromatic carbocycles. The molecule has 1 saturated carbocycles. The third-order valence-corrected chi connectivity index (χ3v) is 6.75. The van der Waals surface area contributed by atoms with Gasteiger partial charge in [0.1, 0.15) is 0 Å². The highest BCUT2D eigenvalue weighted by Gasteiger charge is 2.24. The van der Waals surface area contributed by atoms with Crippen molar-refractivity contribution in [1.82, 2.24) is 24.8 Å². The molecule has 9 nitrogen and oxygen atoms in total. The number of aromatic nitrogens is 3. The predicted molar refractivity (Wildman–Crippen MR) is 127 cm³/mol. The Labute approximate surface area is 191 Å². The SMILES string of the molecule is O=C(CON=Cc1ccc2nc3[nH]c(=O)[nH]c3cc2c1)N1CCN(CC2CCCCC2)CC1. The van der Waals surface area contributed by atoms with Crippen molar-refractivity contribution in [2.75, 3.05) is 39.3 Å². The lowest BCUT2D eigenvalue weighted by atomic mass is 9.89. The van der Waals surface area contributed by atoms with Crippen LogP contribution in [-0.2, 0) is 9.63 Å². The number of carbonyl (C=O) groups is 1. The Hall–Kier alpha value is -3.20. The van der Waals surface area contributed by atoms with E-state index in [1.165, 1.54) is 38.6 Å². The minimum Gasteiger partial charge on any atom is -0.386 e. The van der Waals surface area contributed by atoms with Crippen LogP contribution in [0, 0.1) is 5.92 Å². The molecule has 0 unspecified atom stereocenters. The number of hydrogen-bond donors (Lipinski definition) is 2. The molecule has 3 heterocycles. The molecule has 33 heavy (non-hydrogen) atoms. The van der Waals surface area contributed by atoms with Crippen LogP contribution >= 0.6 is 0 Å². The number of nitrogens with one attached hydrogen (secondary N) is 2. The number of amides is 1. The van der Waals surface area contributed by atoms with E-state index < -0.39 is 0 Å². The Kier molecular flexibility index (Phi) is 6.39. The summed E-state index contributed by atoms with van der Waals surface area (Å²) >= 11 is 0. The molecule has 0 radical (unpaired) electrons. The van der Waals surface area contributed by atoms with Gasteiger partial charge in [-0.1, -0.05) is 30.5 Å². The van der Waals surface area contributed by atoms with Crippen molar-refractivity contribution in [1.29, 1.82) is 0 Å². The summed E-state index contributed by atoms with van der Waals surface area (Å²) in [6.07, 6.45) is 8.42. The Morgan fingerprint density at radius 3 is 2.76 bits per heavy atom. The van der Waals surface area contributed by atoms with E-state index in [1.807, 2.05) is 29.2 Å². The fourth-order valence-electron chi connectivity index (χ4n) is 4.92. The predicted octanol–water partition coefficient (Wildman–Crippen LogP) is 2.48. The van der Waals surface area contributed by atoms with E-state index in [-0.39, 0.29) is 18.2 Å². The van der Waals surface area contributed by atoms with Gasteiger partial charge in [0.25, 0.3) is 5.91 Å². The summed E-state index contributed by atoms with van der Waals surface area (Å²) in [7, 11) is 0. The van der Waals surface area contributed by atoms with E-state index >= 15 is 0 Å². The van der Waals surface area contributed by atoms with E-state index in [1.54, 1.807) is 6.21 Å². The number of pyridine rings is 1. The highest BCUT2D eigenvalue weighted by Crippen LogP contribution is 2.24. The van der Waals surface area contributed by atoms with Gasteiger partial charge < -0.3 is 14.7 Å². The first-order chi connectivity index (χ1) is 16.1. The van der Waals surface area contributed by atoms with Crippen LogP contribution in [0.3, 0.4) is 0 Å². The van der Waals surface area contributed by atoms with E-state index in [4.69, 9.17) is 4.84 Å². The average molecular weight is 451 g/mol. The van der Waals surface area contributed by atoms with Crippen LogP contribution in [0.2, 0.25) is 0 Å². The third kappa shape index (κ3) is 5.24. The molecule has 1 aliphatic carbocycles. The molecule has 2 aromatic heterocycles. The summed E-state index contributed by atoms with van der Waals surface area (Å²) in [5.74, 6) is 0.812. The normalized spacial score (nSPS) is 18.5. The molecule has 1 saturated heterocycles. The molecule has 9 heteroatoms. The van der Waals surface area contributed by atoms with Gasteiger partial charge in [0.15, 0.2) is 12.3 Å². The molecule has 0 atom stereocenters. The molecule has 3 aromatic rings. The highest BCUT2D eigenvalue weighted by atomic mass is 16.6. The van der Waals surface area contributed by atoms with E-state index in [0.29, 0.717) is 11.2 Å². The van der Waals surface area contributed by atoms with Crippen molar-refractivity contribution in [3.63, 3.8) is 0 Å². The molecular formula is C24H30N6O3. The number of carbonyl (C=O) groups excluding carboxylic acids is 1. The molecule has 1 amide bonds. The molecule has 2 fully saturated rings. The Bertz CT molecular complexity index is 1200. The zero-order valence-electron chi connectivity index (χ0n) is 18.8. The molecule has 0 bridgehead atoms. The molecule has 1 aliphatic heterocycles. The summed E-state index contributed by atoms with van der Waals surface area (Å²) in [4.78, 5) is 43.4. The topological polar surface area (TPSA) is 107 Å². The number of fused-ring (bicyclic) bond motifs is 2. The molecular weight excluding hydrogens is 420 g/mol. The Morgan fingerprint density at radius 2 is 1.94 bits per heavy atom. The first kappa shape index (κ1) is 21.6. The number of piperazine rings is 1. The van der Waals surface area contributed by atoms with Crippen molar-refractivity contribution in [2.24, 2.45) is 11.1 Å². The number of rotatable bonds is 6. The fraction of sp³-hybridized carbons (Fsp3) is 0.500. The summed E-state index contributed by atoms with van der Waals surface area (Å²) in [5, 5.41) is 4.85. The standard InChI is InChI=1S/C24H30N6O3/c31-22(30-10-8-29(9-11-30)15-17-4-2-1-3-5-17)16-33-25-14-18-6-7-20-19(12-18)13-21-23(26-20)28-24(32)27-21/h6-7,12-14,17H,1-5,8-11,15-16H2,(H2,26,27,28,32). The Balaban J connectivity index is 1.09. The van der Waals surface area contributed by atoms with Crippen LogP contribution in [0.5, 0.6) is 0 Å². The number of nitrogens with zero attached hydrogens (tertiary/aromatic N) is 4. The number of H-pyrrole nitrogens is 2. The van der Waals surface area contributed by atoms with Crippen molar-refractivity contribution in [3.8, 4) is 0 Å².